The van der Waals surface area contributed by atoms with Crippen LogP contribution in [0.5, 0.6) is 0 Å². The van der Waals surface area contributed by atoms with Gasteiger partial charge >= 0.3 is 0 Å². The molecule has 0 saturated heterocycles. The van der Waals surface area contributed by atoms with Gasteiger partial charge in [0.05, 0.1) is 0 Å². The van der Waals surface area contributed by atoms with Gasteiger partial charge in [0.1, 0.15) is 5.82 Å². The maximum Gasteiger partial charge on any atom is 0.221 e. The molecule has 3 atom stereocenters. The van der Waals surface area contributed by atoms with Crippen molar-refractivity contribution in [1.82, 2.24) is 9.55 Å². The fraction of sp³-hybridized carbons (Fsp3) is 0.448. The van der Waals surface area contributed by atoms with Gasteiger partial charge in [-0.25, -0.2) is 4.98 Å². The van der Waals surface area contributed by atoms with E-state index in [-0.39, 0.29) is 5.91 Å². The summed E-state index contributed by atoms with van der Waals surface area (Å²) in [6, 6.07) is 14.1. The molecule has 5 rings (SSSR count). The van der Waals surface area contributed by atoms with Crippen molar-refractivity contribution in [2.75, 3.05) is 5.32 Å². The van der Waals surface area contributed by atoms with Crippen molar-refractivity contribution in [3.05, 3.63) is 81.9 Å². The van der Waals surface area contributed by atoms with Gasteiger partial charge in [0.15, 0.2) is 0 Å². The zero-order valence-corrected chi connectivity index (χ0v) is 23.0. The van der Waals surface area contributed by atoms with Crippen LogP contribution in [0, 0.1) is 18.8 Å². The Bertz CT molecular complexity index is 1120. The Morgan fingerprint density at radius 1 is 1.20 bits per heavy atom. The zero-order chi connectivity index (χ0) is 25.6. The molecule has 1 heterocycles. The summed E-state index contributed by atoms with van der Waals surface area (Å²) in [6.07, 6.45) is 10.6. The summed E-state index contributed by atoms with van der Waals surface area (Å²) in [5, 5.41) is 3.59. The number of aryl methyl sites for hydroxylation is 3. The maximum atomic E-state index is 10.6. The fourth-order valence-electron chi connectivity index (χ4n) is 5.12. The second kappa shape index (κ2) is 12.1. The third kappa shape index (κ3) is 7.59. The highest BCUT2D eigenvalue weighted by atomic mass is 35.5. The molecule has 0 spiro atoms. The van der Waals surface area contributed by atoms with E-state index in [1.807, 2.05) is 24.0 Å². The summed E-state index contributed by atoms with van der Waals surface area (Å²) in [4.78, 5) is 14.7. The molecule has 4 nitrogen and oxygen atoms in total. The summed E-state index contributed by atoms with van der Waals surface area (Å²) in [6.45, 7) is 8.15. The molecule has 3 aromatic rings. The summed E-state index contributed by atoms with van der Waals surface area (Å²) >= 11 is 11.4. The fourth-order valence-corrected chi connectivity index (χ4v) is 5.65. The maximum absolute atomic E-state index is 10.6. The number of fused-ring (bicyclic) bond motifs is 1. The van der Waals surface area contributed by atoms with E-state index < -0.39 is 0 Å². The second-order valence-electron chi connectivity index (χ2n) is 9.95. The molecule has 1 aromatic heterocycles. The minimum atomic E-state index is -0.145. The largest absolute Gasteiger partial charge is 0.338 e. The molecule has 35 heavy (non-hydrogen) atoms. The van der Waals surface area contributed by atoms with E-state index in [1.54, 1.807) is 23.8 Å². The Hall–Kier alpha value is -2.30. The van der Waals surface area contributed by atoms with Gasteiger partial charge in [-0.3, -0.25) is 4.79 Å². The van der Waals surface area contributed by atoms with E-state index in [4.69, 9.17) is 23.2 Å². The lowest BCUT2D eigenvalue weighted by atomic mass is 9.78. The van der Waals surface area contributed by atoms with Crippen molar-refractivity contribution in [2.24, 2.45) is 18.9 Å². The van der Waals surface area contributed by atoms with Crippen LogP contribution in [0.1, 0.15) is 63.4 Å². The first-order valence-electron chi connectivity index (χ1n) is 12.4. The number of imidazole rings is 1. The molecular weight excluding hydrogens is 477 g/mol. The van der Waals surface area contributed by atoms with E-state index in [0.717, 1.165) is 24.1 Å². The van der Waals surface area contributed by atoms with Crippen LogP contribution < -0.4 is 5.32 Å². The van der Waals surface area contributed by atoms with Crippen molar-refractivity contribution < 1.29 is 4.79 Å². The van der Waals surface area contributed by atoms with Crippen LogP contribution in [0.2, 0.25) is 10.0 Å². The molecule has 188 valence electrons. The molecule has 1 amide bonds. The van der Waals surface area contributed by atoms with Gasteiger partial charge in [0, 0.05) is 48.5 Å². The highest BCUT2D eigenvalue weighted by molar-refractivity contribution is 6.35. The lowest BCUT2D eigenvalue weighted by molar-refractivity contribution is -0.114. The van der Waals surface area contributed by atoms with Gasteiger partial charge in [-0.15, -0.1) is 0 Å². The van der Waals surface area contributed by atoms with Gasteiger partial charge in [-0.1, -0.05) is 66.9 Å². The van der Waals surface area contributed by atoms with Gasteiger partial charge < -0.3 is 9.88 Å². The van der Waals surface area contributed by atoms with Crippen LogP contribution in [-0.4, -0.2) is 15.5 Å². The average molecular weight is 515 g/mol. The third-order valence-corrected chi connectivity index (χ3v) is 7.45. The Balaban J connectivity index is 0.000000154. The van der Waals surface area contributed by atoms with Gasteiger partial charge in [0.2, 0.25) is 5.91 Å². The summed E-state index contributed by atoms with van der Waals surface area (Å²) < 4.78 is 2.03. The highest BCUT2D eigenvalue weighted by Gasteiger charge is 2.56. The molecule has 0 bridgehead atoms. The number of nitrogens with one attached hydrogen (secondary N) is 1. The first kappa shape index (κ1) is 27.3. The first-order chi connectivity index (χ1) is 16.6. The Morgan fingerprint density at radius 3 is 2.43 bits per heavy atom. The number of rotatable bonds is 3. The van der Waals surface area contributed by atoms with Gasteiger partial charge in [-0.05, 0) is 73.6 Å². The number of carbonyl (C=O) groups is 1. The Morgan fingerprint density at radius 2 is 1.91 bits per heavy atom. The molecule has 2 aliphatic rings. The summed E-state index contributed by atoms with van der Waals surface area (Å²) in [5.74, 6) is 2.97. The molecule has 0 aliphatic heterocycles. The van der Waals surface area contributed by atoms with Crippen LogP contribution in [0.3, 0.4) is 0 Å². The number of hydrogen-bond acceptors (Lipinski definition) is 2. The number of aromatic nitrogens is 2. The standard InChI is InChI=1S/C15H20.C8H7Cl2NO.C6H10N2/c1-11-4-3-5-13(8-11)15-7-6-12(2)9-14(15)10-15;1-5(12)11-8-3-6(9)2-7(10)4-8;1-3-6-7-4-5-8(6)2/h3-5,8,12,14H,6-7,9-10H2,1-2H3;2-4H,1H3,(H,11,12);4-5H,3H2,1-2H3/t12-,14?,15-;;/m1../s1. The number of halogens is 2. The van der Waals surface area contributed by atoms with Crippen molar-refractivity contribution in [3.63, 3.8) is 0 Å². The van der Waals surface area contributed by atoms with E-state index in [2.05, 4.69) is 55.3 Å². The smallest absolute Gasteiger partial charge is 0.221 e. The quantitative estimate of drug-likeness (QED) is 0.385. The second-order valence-corrected chi connectivity index (χ2v) is 10.8. The summed E-state index contributed by atoms with van der Waals surface area (Å²) in [5.41, 5.74) is 4.27. The van der Waals surface area contributed by atoms with E-state index in [9.17, 15) is 4.79 Å². The third-order valence-electron chi connectivity index (χ3n) is 7.02. The van der Waals surface area contributed by atoms with Crippen LogP contribution in [0.15, 0.2) is 54.9 Å². The minimum absolute atomic E-state index is 0.145. The number of anilines is 1. The van der Waals surface area contributed by atoms with Crippen molar-refractivity contribution in [2.45, 2.75) is 65.2 Å². The van der Waals surface area contributed by atoms with Crippen molar-refractivity contribution >= 4 is 34.8 Å². The van der Waals surface area contributed by atoms with Gasteiger partial charge in [-0.2, -0.15) is 0 Å². The van der Waals surface area contributed by atoms with Crippen molar-refractivity contribution in [1.29, 1.82) is 0 Å². The predicted octanol–water partition coefficient (Wildman–Crippen LogP) is 8.01. The lowest BCUT2D eigenvalue weighted by Crippen LogP contribution is -2.18. The topological polar surface area (TPSA) is 46.9 Å². The molecule has 2 aliphatic carbocycles. The highest BCUT2D eigenvalue weighted by Crippen LogP contribution is 2.63. The molecule has 1 unspecified atom stereocenters. The lowest BCUT2D eigenvalue weighted by Gasteiger charge is -2.26. The number of carbonyl (C=O) groups excluding carboxylic acids is 1. The number of benzene rings is 2. The van der Waals surface area contributed by atoms with Crippen LogP contribution in [0.25, 0.3) is 0 Å². The number of hydrogen-bond donors (Lipinski definition) is 1. The van der Waals surface area contributed by atoms with Crippen LogP contribution >= 0.6 is 23.2 Å². The Labute approximate surface area is 220 Å². The molecule has 1 N–H and O–H groups in total. The number of nitrogens with zero attached hydrogens (tertiary/aromatic N) is 2. The summed E-state index contributed by atoms with van der Waals surface area (Å²) in [7, 11) is 2.01. The molecule has 2 aromatic carbocycles. The predicted molar refractivity (Wildman–Crippen MR) is 147 cm³/mol. The van der Waals surface area contributed by atoms with Crippen LogP contribution in [-0.2, 0) is 23.7 Å². The van der Waals surface area contributed by atoms with E-state index in [0.29, 0.717) is 21.1 Å². The van der Waals surface area contributed by atoms with E-state index >= 15 is 0 Å². The average Bonchev–Trinajstić information content (AvgIpc) is 3.37. The Kier molecular flexibility index (Phi) is 9.43. The first-order valence-corrected chi connectivity index (χ1v) is 13.2. The SMILES string of the molecule is CC(=O)Nc1cc(Cl)cc(Cl)c1.CCc1nccn1C.Cc1cccc([C@]23CC[C@@H](C)CC2C3)c1. The number of amides is 1. The molecule has 0 radical (unpaired) electrons. The van der Waals surface area contributed by atoms with E-state index in [1.165, 1.54) is 38.2 Å². The monoisotopic (exact) mass is 513 g/mol. The molecule has 2 saturated carbocycles. The van der Waals surface area contributed by atoms with Crippen LogP contribution in [0.4, 0.5) is 5.69 Å². The van der Waals surface area contributed by atoms with Gasteiger partial charge in [0.25, 0.3) is 0 Å². The normalized spacial score (nSPS) is 22.0. The zero-order valence-electron chi connectivity index (χ0n) is 21.4. The van der Waals surface area contributed by atoms with Crippen molar-refractivity contribution in [3.8, 4) is 0 Å². The molecule has 2 fully saturated rings. The molecular formula is C29H37Cl2N3O. The molecule has 6 heteroatoms. The minimum Gasteiger partial charge on any atom is -0.338 e.